The predicted octanol–water partition coefficient (Wildman–Crippen LogP) is 3.33. The van der Waals surface area contributed by atoms with Gasteiger partial charge in [0.1, 0.15) is 5.75 Å². The molecule has 0 saturated carbocycles. The number of ether oxygens (including phenoxy) is 2. The zero-order chi connectivity index (χ0) is 15.2. The van der Waals surface area contributed by atoms with E-state index in [2.05, 4.69) is 10.2 Å². The Hall–Kier alpha value is -1.53. The maximum Gasteiger partial charge on any atom is 0.276 e. The molecule has 0 N–H and O–H groups in total. The highest BCUT2D eigenvalue weighted by Crippen LogP contribution is 2.23. The Morgan fingerprint density at radius 3 is 3.09 bits per heavy atom. The Bertz CT molecular complexity index is 597. The van der Waals surface area contributed by atoms with Gasteiger partial charge in [0.2, 0.25) is 5.89 Å². The largest absolute Gasteiger partial charge is 0.497 e. The van der Waals surface area contributed by atoms with Crippen LogP contribution in [0.1, 0.15) is 30.7 Å². The molecule has 6 heteroatoms. The molecule has 22 heavy (non-hydrogen) atoms. The van der Waals surface area contributed by atoms with E-state index in [0.717, 1.165) is 30.1 Å². The standard InChI is InChI=1S/C16H20N2O3S/c1-19-13-7-4-5-12(9-13)10-15-17-18-16(21-15)22-11-14-6-2-3-8-20-14/h4-5,7,9,14H,2-3,6,8,10-11H2,1H3/t14-/m0/s1. The van der Waals surface area contributed by atoms with Crippen molar-refractivity contribution in [3.63, 3.8) is 0 Å². The fourth-order valence-electron chi connectivity index (χ4n) is 2.43. The molecule has 1 aliphatic heterocycles. The van der Waals surface area contributed by atoms with Crippen LogP contribution in [0.25, 0.3) is 0 Å². The molecule has 1 aliphatic rings. The quantitative estimate of drug-likeness (QED) is 0.761. The summed E-state index contributed by atoms with van der Waals surface area (Å²) in [5, 5.41) is 8.83. The maximum atomic E-state index is 5.70. The molecule has 2 aromatic rings. The average Bonchev–Trinajstić information content (AvgIpc) is 3.01. The van der Waals surface area contributed by atoms with Gasteiger partial charge in [0.05, 0.1) is 19.6 Å². The van der Waals surface area contributed by atoms with Crippen LogP contribution in [0.15, 0.2) is 33.9 Å². The van der Waals surface area contributed by atoms with E-state index in [1.54, 1.807) is 18.9 Å². The first-order valence-corrected chi connectivity index (χ1v) is 8.52. The summed E-state index contributed by atoms with van der Waals surface area (Å²) in [5.41, 5.74) is 1.09. The second-order valence-electron chi connectivity index (χ2n) is 5.29. The molecule has 1 aromatic carbocycles. The number of thioether (sulfide) groups is 1. The predicted molar refractivity (Wildman–Crippen MR) is 84.4 cm³/mol. The summed E-state index contributed by atoms with van der Waals surface area (Å²) in [6.45, 7) is 0.871. The second kappa shape index (κ2) is 7.65. The van der Waals surface area contributed by atoms with Crippen LogP contribution in [-0.2, 0) is 11.2 Å². The lowest BCUT2D eigenvalue weighted by molar-refractivity contribution is 0.0314. The van der Waals surface area contributed by atoms with Gasteiger partial charge in [0, 0.05) is 12.4 Å². The lowest BCUT2D eigenvalue weighted by Gasteiger charge is -2.21. The second-order valence-corrected chi connectivity index (χ2v) is 6.26. The van der Waals surface area contributed by atoms with E-state index in [1.165, 1.54) is 12.8 Å². The van der Waals surface area contributed by atoms with Crippen molar-refractivity contribution in [2.24, 2.45) is 0 Å². The van der Waals surface area contributed by atoms with Gasteiger partial charge in [0.25, 0.3) is 5.22 Å². The smallest absolute Gasteiger partial charge is 0.276 e. The molecule has 1 atom stereocenters. The van der Waals surface area contributed by atoms with Gasteiger partial charge >= 0.3 is 0 Å². The Morgan fingerprint density at radius 1 is 1.32 bits per heavy atom. The molecule has 0 unspecified atom stereocenters. The van der Waals surface area contributed by atoms with Crippen LogP contribution in [0.5, 0.6) is 5.75 Å². The molecule has 0 spiro atoms. The molecule has 5 nitrogen and oxygen atoms in total. The lowest BCUT2D eigenvalue weighted by Crippen LogP contribution is -2.21. The summed E-state index contributed by atoms with van der Waals surface area (Å²) < 4.78 is 16.6. The highest BCUT2D eigenvalue weighted by atomic mass is 32.2. The zero-order valence-corrected chi connectivity index (χ0v) is 13.5. The number of methoxy groups -OCH3 is 1. The average molecular weight is 320 g/mol. The number of benzene rings is 1. The van der Waals surface area contributed by atoms with Gasteiger partial charge in [-0.3, -0.25) is 0 Å². The molecule has 0 amide bonds. The number of nitrogens with zero attached hydrogens (tertiary/aromatic N) is 2. The van der Waals surface area contributed by atoms with Crippen LogP contribution in [0.2, 0.25) is 0 Å². The Balaban J connectivity index is 1.54. The van der Waals surface area contributed by atoms with E-state index in [9.17, 15) is 0 Å². The number of hydrogen-bond donors (Lipinski definition) is 0. The van der Waals surface area contributed by atoms with Crippen molar-refractivity contribution in [1.82, 2.24) is 10.2 Å². The molecular formula is C16H20N2O3S. The van der Waals surface area contributed by atoms with Gasteiger partial charge < -0.3 is 13.9 Å². The van der Waals surface area contributed by atoms with Crippen LogP contribution < -0.4 is 4.74 Å². The summed E-state index contributed by atoms with van der Waals surface area (Å²) in [4.78, 5) is 0. The Labute approximate surface area is 134 Å². The molecule has 118 valence electrons. The van der Waals surface area contributed by atoms with E-state index >= 15 is 0 Å². The molecule has 1 saturated heterocycles. The third kappa shape index (κ3) is 4.24. The van der Waals surface area contributed by atoms with Crippen LogP contribution in [0.4, 0.5) is 0 Å². The highest BCUT2D eigenvalue weighted by Gasteiger charge is 2.16. The molecule has 2 heterocycles. The minimum atomic E-state index is 0.312. The Kier molecular flexibility index (Phi) is 5.34. The summed E-state index contributed by atoms with van der Waals surface area (Å²) >= 11 is 1.58. The van der Waals surface area contributed by atoms with Gasteiger partial charge in [-0.15, -0.1) is 10.2 Å². The number of rotatable bonds is 6. The Morgan fingerprint density at radius 2 is 2.27 bits per heavy atom. The number of hydrogen-bond acceptors (Lipinski definition) is 6. The maximum absolute atomic E-state index is 5.70. The first-order chi connectivity index (χ1) is 10.8. The summed E-state index contributed by atoms with van der Waals surface area (Å²) in [5.74, 6) is 2.34. The van der Waals surface area contributed by atoms with Crippen LogP contribution >= 0.6 is 11.8 Å². The van der Waals surface area contributed by atoms with E-state index in [-0.39, 0.29) is 0 Å². The molecule has 0 radical (unpaired) electrons. The highest BCUT2D eigenvalue weighted by molar-refractivity contribution is 7.99. The van der Waals surface area contributed by atoms with Gasteiger partial charge in [-0.1, -0.05) is 23.9 Å². The van der Waals surface area contributed by atoms with Gasteiger partial charge in [-0.2, -0.15) is 0 Å². The lowest BCUT2D eigenvalue weighted by atomic mass is 10.1. The zero-order valence-electron chi connectivity index (χ0n) is 12.7. The minimum Gasteiger partial charge on any atom is -0.497 e. The first-order valence-electron chi connectivity index (χ1n) is 7.53. The van der Waals surface area contributed by atoms with Crippen LogP contribution in [-0.4, -0.2) is 35.8 Å². The van der Waals surface area contributed by atoms with Gasteiger partial charge in [-0.05, 0) is 37.0 Å². The van der Waals surface area contributed by atoms with Crippen molar-refractivity contribution in [2.75, 3.05) is 19.5 Å². The minimum absolute atomic E-state index is 0.312. The van der Waals surface area contributed by atoms with E-state index in [1.807, 2.05) is 24.3 Å². The van der Waals surface area contributed by atoms with Crippen molar-refractivity contribution in [3.05, 3.63) is 35.7 Å². The summed E-state index contributed by atoms with van der Waals surface area (Å²) in [6, 6.07) is 7.88. The van der Waals surface area contributed by atoms with Crippen molar-refractivity contribution in [3.8, 4) is 5.75 Å². The summed E-state index contributed by atoms with van der Waals surface area (Å²) in [6.07, 6.45) is 4.47. The molecular weight excluding hydrogens is 300 g/mol. The van der Waals surface area contributed by atoms with Crippen molar-refractivity contribution < 1.29 is 13.9 Å². The fourth-order valence-corrected chi connectivity index (χ4v) is 3.27. The third-order valence-electron chi connectivity index (χ3n) is 3.60. The van der Waals surface area contributed by atoms with E-state index < -0.39 is 0 Å². The van der Waals surface area contributed by atoms with Crippen molar-refractivity contribution >= 4 is 11.8 Å². The molecule has 0 aliphatic carbocycles. The topological polar surface area (TPSA) is 57.4 Å². The number of aromatic nitrogens is 2. The van der Waals surface area contributed by atoms with Crippen molar-refractivity contribution in [1.29, 1.82) is 0 Å². The van der Waals surface area contributed by atoms with Crippen molar-refractivity contribution in [2.45, 2.75) is 37.0 Å². The van der Waals surface area contributed by atoms with Crippen LogP contribution in [0.3, 0.4) is 0 Å². The summed E-state index contributed by atoms with van der Waals surface area (Å²) in [7, 11) is 1.66. The normalized spacial score (nSPS) is 18.3. The fraction of sp³-hybridized carbons (Fsp3) is 0.500. The first kappa shape index (κ1) is 15.4. The third-order valence-corrected chi connectivity index (χ3v) is 4.55. The van der Waals surface area contributed by atoms with Crippen LogP contribution in [0, 0.1) is 0 Å². The monoisotopic (exact) mass is 320 g/mol. The van der Waals surface area contributed by atoms with E-state index in [0.29, 0.717) is 23.6 Å². The molecule has 1 fully saturated rings. The molecule has 3 rings (SSSR count). The van der Waals surface area contributed by atoms with Gasteiger partial charge in [0.15, 0.2) is 0 Å². The van der Waals surface area contributed by atoms with E-state index in [4.69, 9.17) is 13.9 Å². The SMILES string of the molecule is COc1cccc(Cc2nnc(SC[C@@H]3CCCCO3)o2)c1. The molecule has 1 aromatic heterocycles. The molecule has 0 bridgehead atoms. The van der Waals surface area contributed by atoms with Gasteiger partial charge in [-0.25, -0.2) is 0 Å².